The molecule has 2 heteroatoms. The van der Waals surface area contributed by atoms with Crippen LogP contribution >= 0.6 is 0 Å². The Kier molecular flexibility index (Phi) is 6.98. The smallest absolute Gasteiger partial charge is 0.0665 e. The van der Waals surface area contributed by atoms with E-state index in [1.807, 2.05) is 0 Å². The van der Waals surface area contributed by atoms with Crippen LogP contribution in [0.4, 0.5) is 0 Å². The van der Waals surface area contributed by atoms with E-state index in [1.165, 1.54) is 19.3 Å². The van der Waals surface area contributed by atoms with E-state index in [0.29, 0.717) is 6.54 Å². The van der Waals surface area contributed by atoms with Crippen LogP contribution in [0.25, 0.3) is 0 Å². The number of rotatable bonds is 6. The molecule has 0 aromatic heterocycles. The SMILES string of the molecule is [CH2]C(O)CNCCCCC. The maximum Gasteiger partial charge on any atom is 0.0665 e. The summed E-state index contributed by atoms with van der Waals surface area (Å²) in [6.45, 7) is 7.24. The summed E-state index contributed by atoms with van der Waals surface area (Å²) in [5.41, 5.74) is 0. The fourth-order valence-electron chi connectivity index (χ4n) is 0.769. The lowest BCUT2D eigenvalue weighted by Crippen LogP contribution is -2.25. The zero-order valence-electron chi connectivity index (χ0n) is 6.77. The maximum atomic E-state index is 8.74. The fourth-order valence-corrected chi connectivity index (χ4v) is 0.769. The van der Waals surface area contributed by atoms with E-state index in [4.69, 9.17) is 5.11 Å². The van der Waals surface area contributed by atoms with Gasteiger partial charge in [-0.3, -0.25) is 0 Å². The van der Waals surface area contributed by atoms with Gasteiger partial charge in [0.2, 0.25) is 0 Å². The van der Waals surface area contributed by atoms with Crippen molar-refractivity contribution in [1.29, 1.82) is 0 Å². The molecule has 0 aliphatic rings. The van der Waals surface area contributed by atoms with Gasteiger partial charge in [0.25, 0.3) is 0 Å². The third kappa shape index (κ3) is 7.92. The van der Waals surface area contributed by atoms with Crippen LogP contribution in [-0.2, 0) is 0 Å². The highest BCUT2D eigenvalue weighted by Gasteiger charge is 1.92. The summed E-state index contributed by atoms with van der Waals surface area (Å²) < 4.78 is 0. The first-order valence-electron chi connectivity index (χ1n) is 3.99. The van der Waals surface area contributed by atoms with E-state index in [0.717, 1.165) is 6.54 Å². The molecule has 61 valence electrons. The van der Waals surface area contributed by atoms with Crippen molar-refractivity contribution in [3.8, 4) is 0 Å². The standard InChI is InChI=1S/C8H18NO/c1-3-4-5-6-9-7-8(2)10/h8-10H,2-7H2,1H3. The van der Waals surface area contributed by atoms with Crippen molar-refractivity contribution < 1.29 is 5.11 Å². The van der Waals surface area contributed by atoms with Gasteiger partial charge in [-0.1, -0.05) is 19.8 Å². The molecule has 1 radical (unpaired) electrons. The lowest BCUT2D eigenvalue weighted by atomic mass is 10.2. The lowest BCUT2D eigenvalue weighted by molar-refractivity contribution is 0.216. The molecule has 0 saturated carbocycles. The topological polar surface area (TPSA) is 32.3 Å². The fraction of sp³-hybridized carbons (Fsp3) is 0.875. The molecule has 0 aliphatic carbocycles. The minimum atomic E-state index is -0.457. The minimum Gasteiger partial charge on any atom is -0.392 e. The number of unbranched alkanes of at least 4 members (excludes halogenated alkanes) is 2. The molecule has 0 bridgehead atoms. The Morgan fingerprint density at radius 1 is 1.50 bits per heavy atom. The van der Waals surface area contributed by atoms with Gasteiger partial charge in [0.05, 0.1) is 6.10 Å². The Bertz CT molecular complexity index is 64.3. The molecule has 0 rings (SSSR count). The Morgan fingerprint density at radius 3 is 2.70 bits per heavy atom. The third-order valence-electron chi connectivity index (χ3n) is 1.34. The normalized spacial score (nSPS) is 13.5. The van der Waals surface area contributed by atoms with Crippen molar-refractivity contribution in [2.75, 3.05) is 13.1 Å². The molecule has 0 amide bonds. The highest BCUT2D eigenvalue weighted by Crippen LogP contribution is 1.90. The average Bonchev–Trinajstić information content (AvgIpc) is 1.87. The summed E-state index contributed by atoms with van der Waals surface area (Å²) in [7, 11) is 0. The molecule has 0 aliphatic heterocycles. The predicted octanol–water partition coefficient (Wildman–Crippen LogP) is 0.961. The molecular weight excluding hydrogens is 126 g/mol. The number of hydrogen-bond acceptors (Lipinski definition) is 2. The second-order valence-corrected chi connectivity index (χ2v) is 2.57. The second-order valence-electron chi connectivity index (χ2n) is 2.57. The van der Waals surface area contributed by atoms with Gasteiger partial charge in [0, 0.05) is 6.54 Å². The van der Waals surface area contributed by atoms with E-state index in [1.54, 1.807) is 0 Å². The van der Waals surface area contributed by atoms with Gasteiger partial charge in [0.15, 0.2) is 0 Å². The molecule has 0 fully saturated rings. The zero-order chi connectivity index (χ0) is 7.82. The van der Waals surface area contributed by atoms with Crippen LogP contribution in [0.5, 0.6) is 0 Å². The van der Waals surface area contributed by atoms with Gasteiger partial charge in [-0.25, -0.2) is 0 Å². The number of nitrogens with one attached hydrogen (secondary N) is 1. The van der Waals surface area contributed by atoms with Crippen molar-refractivity contribution in [3.05, 3.63) is 6.92 Å². The van der Waals surface area contributed by atoms with Crippen molar-refractivity contribution >= 4 is 0 Å². The minimum absolute atomic E-state index is 0.457. The molecule has 2 N–H and O–H groups in total. The van der Waals surface area contributed by atoms with E-state index in [9.17, 15) is 0 Å². The van der Waals surface area contributed by atoms with Gasteiger partial charge >= 0.3 is 0 Å². The van der Waals surface area contributed by atoms with E-state index >= 15 is 0 Å². The molecule has 1 unspecified atom stereocenters. The average molecular weight is 144 g/mol. The summed E-state index contributed by atoms with van der Waals surface area (Å²) in [5.74, 6) is 0. The Balaban J connectivity index is 2.77. The molecule has 1 atom stereocenters. The summed E-state index contributed by atoms with van der Waals surface area (Å²) in [4.78, 5) is 0. The van der Waals surface area contributed by atoms with E-state index < -0.39 is 6.10 Å². The molecule has 0 aromatic rings. The van der Waals surface area contributed by atoms with E-state index in [-0.39, 0.29) is 0 Å². The van der Waals surface area contributed by atoms with Crippen molar-refractivity contribution in [2.45, 2.75) is 32.3 Å². The summed E-state index contributed by atoms with van der Waals surface area (Å²) in [5, 5.41) is 11.8. The van der Waals surface area contributed by atoms with Gasteiger partial charge in [0.1, 0.15) is 0 Å². The lowest BCUT2D eigenvalue weighted by Gasteiger charge is -2.04. The van der Waals surface area contributed by atoms with Crippen LogP contribution in [-0.4, -0.2) is 24.3 Å². The molecule has 0 saturated heterocycles. The van der Waals surface area contributed by atoms with Crippen molar-refractivity contribution in [2.24, 2.45) is 0 Å². The Morgan fingerprint density at radius 2 is 2.20 bits per heavy atom. The number of aliphatic hydroxyl groups excluding tert-OH is 1. The van der Waals surface area contributed by atoms with Crippen LogP contribution in [0.3, 0.4) is 0 Å². The van der Waals surface area contributed by atoms with Gasteiger partial charge < -0.3 is 10.4 Å². The summed E-state index contributed by atoms with van der Waals surface area (Å²) >= 11 is 0. The first-order valence-corrected chi connectivity index (χ1v) is 3.99. The zero-order valence-corrected chi connectivity index (χ0v) is 6.77. The molecule has 2 nitrogen and oxygen atoms in total. The van der Waals surface area contributed by atoms with Gasteiger partial charge in [-0.15, -0.1) is 0 Å². The Labute approximate surface area is 63.6 Å². The summed E-state index contributed by atoms with van der Waals surface area (Å²) in [6.07, 6.45) is 3.25. The van der Waals surface area contributed by atoms with Crippen LogP contribution in [0.1, 0.15) is 26.2 Å². The van der Waals surface area contributed by atoms with E-state index in [2.05, 4.69) is 19.2 Å². The molecule has 0 spiro atoms. The number of aliphatic hydroxyl groups is 1. The van der Waals surface area contributed by atoms with Crippen LogP contribution in [0.2, 0.25) is 0 Å². The van der Waals surface area contributed by atoms with Crippen molar-refractivity contribution in [1.82, 2.24) is 5.32 Å². The summed E-state index contributed by atoms with van der Waals surface area (Å²) in [6, 6.07) is 0. The molecule has 0 aromatic carbocycles. The van der Waals surface area contributed by atoms with Crippen LogP contribution < -0.4 is 5.32 Å². The molecular formula is C8H18NO. The maximum absolute atomic E-state index is 8.74. The molecule has 10 heavy (non-hydrogen) atoms. The highest BCUT2D eigenvalue weighted by molar-refractivity contribution is 4.59. The van der Waals surface area contributed by atoms with Gasteiger partial charge in [-0.05, 0) is 19.9 Å². The number of hydrogen-bond donors (Lipinski definition) is 2. The predicted molar refractivity (Wildman–Crippen MR) is 43.8 cm³/mol. The van der Waals surface area contributed by atoms with Crippen LogP contribution in [0, 0.1) is 6.92 Å². The quantitative estimate of drug-likeness (QED) is 0.544. The largest absolute Gasteiger partial charge is 0.392 e. The third-order valence-corrected chi connectivity index (χ3v) is 1.34. The van der Waals surface area contributed by atoms with Gasteiger partial charge in [-0.2, -0.15) is 0 Å². The first kappa shape index (κ1) is 9.92. The van der Waals surface area contributed by atoms with Crippen LogP contribution in [0.15, 0.2) is 0 Å². The first-order chi connectivity index (χ1) is 4.77. The monoisotopic (exact) mass is 144 g/mol. The second kappa shape index (κ2) is 7.03. The molecule has 0 heterocycles. The van der Waals surface area contributed by atoms with Crippen molar-refractivity contribution in [3.63, 3.8) is 0 Å². The Hall–Kier alpha value is -0.0800. The highest BCUT2D eigenvalue weighted by atomic mass is 16.3.